The van der Waals surface area contributed by atoms with Gasteiger partial charge < -0.3 is 20.2 Å². The number of rotatable bonds is 3. The average molecular weight is 221 g/mol. The molecule has 1 aromatic heterocycles. The van der Waals surface area contributed by atoms with Gasteiger partial charge >= 0.3 is 0 Å². The third-order valence-corrected chi connectivity index (χ3v) is 2.44. The standard InChI is InChI=1S/C11H15N3O2/c1-6(12)11-13-7-4-9(15-2)10(16-3)5-8(7)14-11/h4-6H,12H2,1-3H3,(H,13,14)/t6-/m1/s1. The lowest BCUT2D eigenvalue weighted by Gasteiger charge is -2.06. The highest BCUT2D eigenvalue weighted by Crippen LogP contribution is 2.31. The van der Waals surface area contributed by atoms with Crippen LogP contribution in [0.4, 0.5) is 0 Å². The van der Waals surface area contributed by atoms with Crippen molar-refractivity contribution in [1.82, 2.24) is 9.97 Å². The molecule has 5 heteroatoms. The zero-order valence-corrected chi connectivity index (χ0v) is 9.57. The van der Waals surface area contributed by atoms with E-state index >= 15 is 0 Å². The summed E-state index contributed by atoms with van der Waals surface area (Å²) in [4.78, 5) is 7.53. The molecule has 0 bridgehead atoms. The summed E-state index contributed by atoms with van der Waals surface area (Å²) < 4.78 is 10.4. The number of benzene rings is 1. The van der Waals surface area contributed by atoms with Gasteiger partial charge in [0, 0.05) is 12.1 Å². The largest absolute Gasteiger partial charge is 0.493 e. The van der Waals surface area contributed by atoms with Crippen molar-refractivity contribution in [3.63, 3.8) is 0 Å². The van der Waals surface area contributed by atoms with Crippen LogP contribution in [0.2, 0.25) is 0 Å². The summed E-state index contributed by atoms with van der Waals surface area (Å²) in [6, 6.07) is 3.56. The molecule has 0 unspecified atom stereocenters. The Morgan fingerprint density at radius 1 is 1.25 bits per heavy atom. The fourth-order valence-electron chi connectivity index (χ4n) is 1.57. The van der Waals surface area contributed by atoms with Crippen LogP contribution in [-0.2, 0) is 0 Å². The molecule has 5 nitrogen and oxygen atoms in total. The maximum Gasteiger partial charge on any atom is 0.163 e. The Kier molecular flexibility index (Phi) is 2.70. The summed E-state index contributed by atoms with van der Waals surface area (Å²) in [6.07, 6.45) is 0. The van der Waals surface area contributed by atoms with Gasteiger partial charge in [-0.3, -0.25) is 0 Å². The number of hydrogen-bond donors (Lipinski definition) is 2. The highest BCUT2D eigenvalue weighted by atomic mass is 16.5. The normalized spacial score (nSPS) is 12.8. The second kappa shape index (κ2) is 4.02. The van der Waals surface area contributed by atoms with Gasteiger partial charge in [0.15, 0.2) is 11.5 Å². The minimum atomic E-state index is -0.121. The van der Waals surface area contributed by atoms with Crippen LogP contribution in [0.15, 0.2) is 12.1 Å². The molecule has 0 amide bonds. The molecule has 1 atom stereocenters. The van der Waals surface area contributed by atoms with E-state index in [1.807, 2.05) is 19.1 Å². The third-order valence-electron chi connectivity index (χ3n) is 2.44. The summed E-state index contributed by atoms with van der Waals surface area (Å²) in [7, 11) is 3.20. The number of aromatic nitrogens is 2. The number of nitrogens with one attached hydrogen (secondary N) is 1. The molecule has 1 heterocycles. The predicted octanol–water partition coefficient (Wildman–Crippen LogP) is 1.60. The number of aromatic amines is 1. The van der Waals surface area contributed by atoms with Gasteiger partial charge in [0.05, 0.1) is 31.3 Å². The van der Waals surface area contributed by atoms with Gasteiger partial charge in [-0.25, -0.2) is 4.98 Å². The second-order valence-corrected chi connectivity index (χ2v) is 3.64. The SMILES string of the molecule is COc1cc2nc([C@@H](C)N)[nH]c2cc1OC. The molecule has 0 saturated carbocycles. The van der Waals surface area contributed by atoms with Crippen LogP contribution < -0.4 is 15.2 Å². The molecule has 3 N–H and O–H groups in total. The fraction of sp³-hybridized carbons (Fsp3) is 0.364. The number of nitrogens with two attached hydrogens (primary N) is 1. The predicted molar refractivity (Wildman–Crippen MR) is 61.8 cm³/mol. The van der Waals surface area contributed by atoms with Gasteiger partial charge in [0.2, 0.25) is 0 Å². The molecule has 2 aromatic rings. The lowest BCUT2D eigenvalue weighted by Crippen LogP contribution is -2.06. The first-order chi connectivity index (χ1) is 7.65. The Labute approximate surface area is 93.6 Å². The summed E-state index contributed by atoms with van der Waals surface area (Å²) in [5.41, 5.74) is 7.48. The first kappa shape index (κ1) is 10.8. The zero-order valence-electron chi connectivity index (χ0n) is 9.57. The minimum absolute atomic E-state index is 0.121. The van der Waals surface area contributed by atoms with E-state index in [2.05, 4.69) is 9.97 Å². The number of fused-ring (bicyclic) bond motifs is 1. The quantitative estimate of drug-likeness (QED) is 0.825. The van der Waals surface area contributed by atoms with E-state index in [4.69, 9.17) is 15.2 Å². The molecule has 2 rings (SSSR count). The first-order valence-corrected chi connectivity index (χ1v) is 5.03. The summed E-state index contributed by atoms with van der Waals surface area (Å²) in [5.74, 6) is 2.10. The van der Waals surface area contributed by atoms with Crippen molar-refractivity contribution in [2.24, 2.45) is 5.73 Å². The summed E-state index contributed by atoms with van der Waals surface area (Å²) >= 11 is 0. The number of H-pyrrole nitrogens is 1. The van der Waals surface area contributed by atoms with E-state index in [1.165, 1.54) is 0 Å². The highest BCUT2D eigenvalue weighted by molar-refractivity contribution is 5.79. The molecule has 0 spiro atoms. The van der Waals surface area contributed by atoms with Gasteiger partial charge in [-0.15, -0.1) is 0 Å². The Balaban J connectivity index is 2.60. The first-order valence-electron chi connectivity index (χ1n) is 5.03. The molecule has 1 aromatic carbocycles. The van der Waals surface area contributed by atoms with Crippen molar-refractivity contribution in [1.29, 1.82) is 0 Å². The third kappa shape index (κ3) is 1.69. The van der Waals surface area contributed by atoms with E-state index in [1.54, 1.807) is 14.2 Å². The Morgan fingerprint density at radius 3 is 2.44 bits per heavy atom. The molecule has 0 fully saturated rings. The van der Waals surface area contributed by atoms with E-state index in [0.717, 1.165) is 16.9 Å². The maximum atomic E-state index is 5.76. The molecule has 0 radical (unpaired) electrons. The van der Waals surface area contributed by atoms with E-state index in [9.17, 15) is 0 Å². The van der Waals surface area contributed by atoms with Gasteiger partial charge in [0.25, 0.3) is 0 Å². The molecule has 0 aliphatic rings. The van der Waals surface area contributed by atoms with Gasteiger partial charge in [-0.05, 0) is 6.92 Å². The van der Waals surface area contributed by atoms with Crippen LogP contribution in [0, 0.1) is 0 Å². The monoisotopic (exact) mass is 221 g/mol. The molecule has 0 aliphatic carbocycles. The van der Waals surface area contributed by atoms with Crippen molar-refractivity contribution >= 4 is 11.0 Å². The van der Waals surface area contributed by atoms with Crippen LogP contribution >= 0.6 is 0 Å². The van der Waals surface area contributed by atoms with E-state index in [-0.39, 0.29) is 6.04 Å². The van der Waals surface area contributed by atoms with Crippen LogP contribution in [0.5, 0.6) is 11.5 Å². The van der Waals surface area contributed by atoms with Crippen LogP contribution in [0.3, 0.4) is 0 Å². The summed E-state index contributed by atoms with van der Waals surface area (Å²) in [5, 5.41) is 0. The van der Waals surface area contributed by atoms with Crippen molar-refractivity contribution in [3.05, 3.63) is 18.0 Å². The minimum Gasteiger partial charge on any atom is -0.493 e. The number of imidazole rings is 1. The Hall–Kier alpha value is -1.75. The lowest BCUT2D eigenvalue weighted by molar-refractivity contribution is 0.356. The number of nitrogens with zero attached hydrogens (tertiary/aromatic N) is 1. The van der Waals surface area contributed by atoms with Crippen molar-refractivity contribution in [3.8, 4) is 11.5 Å². The Morgan fingerprint density at radius 2 is 1.88 bits per heavy atom. The molecule has 0 aliphatic heterocycles. The number of hydrogen-bond acceptors (Lipinski definition) is 4. The van der Waals surface area contributed by atoms with Crippen LogP contribution in [-0.4, -0.2) is 24.2 Å². The molecular formula is C11H15N3O2. The van der Waals surface area contributed by atoms with Gasteiger partial charge in [-0.2, -0.15) is 0 Å². The lowest BCUT2D eigenvalue weighted by atomic mass is 10.3. The molecule has 16 heavy (non-hydrogen) atoms. The van der Waals surface area contributed by atoms with E-state index < -0.39 is 0 Å². The van der Waals surface area contributed by atoms with Crippen LogP contribution in [0.25, 0.3) is 11.0 Å². The molecule has 86 valence electrons. The number of methoxy groups -OCH3 is 2. The van der Waals surface area contributed by atoms with Crippen molar-refractivity contribution < 1.29 is 9.47 Å². The zero-order chi connectivity index (χ0) is 11.7. The summed E-state index contributed by atoms with van der Waals surface area (Å²) in [6.45, 7) is 1.88. The van der Waals surface area contributed by atoms with E-state index in [0.29, 0.717) is 11.5 Å². The molecular weight excluding hydrogens is 206 g/mol. The topological polar surface area (TPSA) is 73.2 Å². The smallest absolute Gasteiger partial charge is 0.163 e. The average Bonchev–Trinajstić information content (AvgIpc) is 2.69. The van der Waals surface area contributed by atoms with Crippen molar-refractivity contribution in [2.45, 2.75) is 13.0 Å². The molecule has 0 saturated heterocycles. The maximum absolute atomic E-state index is 5.76. The second-order valence-electron chi connectivity index (χ2n) is 3.64. The Bertz CT molecular complexity index is 464. The fourth-order valence-corrected chi connectivity index (χ4v) is 1.57. The van der Waals surface area contributed by atoms with Gasteiger partial charge in [0.1, 0.15) is 5.82 Å². The number of ether oxygens (including phenoxy) is 2. The van der Waals surface area contributed by atoms with Crippen molar-refractivity contribution in [2.75, 3.05) is 14.2 Å². The highest BCUT2D eigenvalue weighted by Gasteiger charge is 2.11. The van der Waals surface area contributed by atoms with Crippen LogP contribution in [0.1, 0.15) is 18.8 Å². The van der Waals surface area contributed by atoms with Gasteiger partial charge in [-0.1, -0.05) is 0 Å².